The highest BCUT2D eigenvalue weighted by molar-refractivity contribution is 9.10. The van der Waals surface area contributed by atoms with Crippen molar-refractivity contribution in [1.29, 1.82) is 5.26 Å². The summed E-state index contributed by atoms with van der Waals surface area (Å²) in [6.07, 6.45) is -0.0685. The number of nitrogens with zero attached hydrogens (tertiary/aromatic N) is 2. The molecule has 1 aromatic carbocycles. The standard InChI is InChI=1S/C11H9BrN2O4/c1-18-11(15)7(6-13)5-8-9(12)3-2-4-10(8)14(16)17/h2-4,7H,5H2,1H3. The third-order valence-electron chi connectivity index (χ3n) is 2.34. The fourth-order valence-corrected chi connectivity index (χ4v) is 1.97. The smallest absolute Gasteiger partial charge is 0.323 e. The lowest BCUT2D eigenvalue weighted by molar-refractivity contribution is -0.385. The Labute approximate surface area is 111 Å². The maximum atomic E-state index is 11.3. The molecule has 94 valence electrons. The van der Waals surface area contributed by atoms with Crippen molar-refractivity contribution in [3.05, 3.63) is 38.3 Å². The number of ether oxygens (including phenoxy) is 1. The van der Waals surface area contributed by atoms with Crippen LogP contribution < -0.4 is 0 Å². The molecule has 0 aliphatic rings. The molecule has 1 rings (SSSR count). The van der Waals surface area contributed by atoms with Gasteiger partial charge in [-0.2, -0.15) is 5.26 Å². The summed E-state index contributed by atoms with van der Waals surface area (Å²) in [7, 11) is 1.17. The molecule has 0 saturated carbocycles. The zero-order valence-electron chi connectivity index (χ0n) is 9.42. The Hall–Kier alpha value is -1.94. The second-order valence-corrected chi connectivity index (χ2v) is 4.26. The molecule has 0 radical (unpaired) electrons. The molecule has 0 amide bonds. The van der Waals surface area contributed by atoms with Crippen LogP contribution in [0.1, 0.15) is 5.56 Å². The number of hydrogen-bond donors (Lipinski definition) is 0. The molecule has 1 aromatic rings. The van der Waals surface area contributed by atoms with Crippen LogP contribution >= 0.6 is 15.9 Å². The number of carbonyl (C=O) groups excluding carboxylic acids is 1. The van der Waals surface area contributed by atoms with Crippen molar-refractivity contribution in [2.45, 2.75) is 6.42 Å². The van der Waals surface area contributed by atoms with Crippen molar-refractivity contribution in [3.63, 3.8) is 0 Å². The van der Waals surface area contributed by atoms with Crippen LogP contribution in [0.3, 0.4) is 0 Å². The molecule has 6 nitrogen and oxygen atoms in total. The van der Waals surface area contributed by atoms with E-state index in [9.17, 15) is 14.9 Å². The highest BCUT2D eigenvalue weighted by Gasteiger charge is 2.25. The summed E-state index contributed by atoms with van der Waals surface area (Å²) in [4.78, 5) is 21.6. The van der Waals surface area contributed by atoms with Crippen molar-refractivity contribution >= 4 is 27.6 Å². The van der Waals surface area contributed by atoms with Gasteiger partial charge in [-0.15, -0.1) is 0 Å². The molecular weight excluding hydrogens is 304 g/mol. The Morgan fingerprint density at radius 1 is 1.67 bits per heavy atom. The SMILES string of the molecule is COC(=O)C(C#N)Cc1c(Br)cccc1[N+](=O)[O-]. The highest BCUT2D eigenvalue weighted by atomic mass is 79.9. The van der Waals surface area contributed by atoms with E-state index >= 15 is 0 Å². The van der Waals surface area contributed by atoms with E-state index in [1.165, 1.54) is 19.2 Å². The topological polar surface area (TPSA) is 93.2 Å². The van der Waals surface area contributed by atoms with E-state index in [2.05, 4.69) is 20.7 Å². The largest absolute Gasteiger partial charge is 0.468 e. The molecular formula is C11H9BrN2O4. The number of carbonyl (C=O) groups is 1. The van der Waals surface area contributed by atoms with Crippen molar-refractivity contribution in [3.8, 4) is 6.07 Å². The number of halogens is 1. The quantitative estimate of drug-likeness (QED) is 0.482. The Morgan fingerprint density at radius 3 is 2.83 bits per heavy atom. The molecule has 1 unspecified atom stereocenters. The second-order valence-electron chi connectivity index (χ2n) is 3.40. The maximum absolute atomic E-state index is 11.3. The summed E-state index contributed by atoms with van der Waals surface area (Å²) >= 11 is 3.18. The van der Waals surface area contributed by atoms with E-state index in [-0.39, 0.29) is 12.1 Å². The van der Waals surface area contributed by atoms with Gasteiger partial charge >= 0.3 is 5.97 Å². The molecule has 18 heavy (non-hydrogen) atoms. The van der Waals surface area contributed by atoms with Crippen molar-refractivity contribution < 1.29 is 14.5 Å². The number of benzene rings is 1. The molecule has 0 aliphatic carbocycles. The Morgan fingerprint density at radius 2 is 2.33 bits per heavy atom. The Kier molecular flexibility index (Phi) is 4.80. The number of nitro groups is 1. The number of nitriles is 1. The first-order chi connectivity index (χ1) is 8.51. The first-order valence-corrected chi connectivity index (χ1v) is 5.69. The number of esters is 1. The van der Waals surface area contributed by atoms with Gasteiger partial charge in [-0.1, -0.05) is 22.0 Å². The average molecular weight is 313 g/mol. The van der Waals surface area contributed by atoms with Crippen LogP contribution in [-0.2, 0) is 16.0 Å². The normalized spacial score (nSPS) is 11.4. The molecule has 1 atom stereocenters. The first kappa shape index (κ1) is 14.1. The van der Waals surface area contributed by atoms with E-state index < -0.39 is 16.8 Å². The maximum Gasteiger partial charge on any atom is 0.323 e. The van der Waals surface area contributed by atoms with Crippen LogP contribution in [0, 0.1) is 27.4 Å². The summed E-state index contributed by atoms with van der Waals surface area (Å²) in [5.41, 5.74) is 0.174. The van der Waals surface area contributed by atoms with E-state index in [4.69, 9.17) is 5.26 Å². The summed E-state index contributed by atoms with van der Waals surface area (Å²) in [6.45, 7) is 0. The average Bonchev–Trinajstić information content (AvgIpc) is 2.36. The van der Waals surface area contributed by atoms with Crippen LogP contribution in [0.25, 0.3) is 0 Å². The van der Waals surface area contributed by atoms with Crippen molar-refractivity contribution in [2.75, 3.05) is 7.11 Å². The van der Waals surface area contributed by atoms with Gasteiger partial charge in [0.15, 0.2) is 0 Å². The minimum atomic E-state index is -1.06. The van der Waals surface area contributed by atoms with E-state index in [1.54, 1.807) is 12.1 Å². The van der Waals surface area contributed by atoms with E-state index in [0.29, 0.717) is 10.0 Å². The third-order valence-corrected chi connectivity index (χ3v) is 3.08. The van der Waals surface area contributed by atoms with E-state index in [0.717, 1.165) is 0 Å². The molecule has 0 saturated heterocycles. The fraction of sp³-hybridized carbons (Fsp3) is 0.273. The van der Waals surface area contributed by atoms with Gasteiger partial charge in [-0.3, -0.25) is 14.9 Å². The molecule has 0 spiro atoms. The Balaban J connectivity index is 3.14. The van der Waals surface area contributed by atoms with Gasteiger partial charge in [0.25, 0.3) is 5.69 Å². The second kappa shape index (κ2) is 6.12. The van der Waals surface area contributed by atoms with Crippen LogP contribution in [0.5, 0.6) is 0 Å². The molecule has 0 aromatic heterocycles. The molecule has 0 fully saturated rings. The van der Waals surface area contributed by atoms with Gasteiger partial charge in [0.2, 0.25) is 0 Å². The molecule has 0 N–H and O–H groups in total. The van der Waals surface area contributed by atoms with Gasteiger partial charge < -0.3 is 4.74 Å². The lowest BCUT2D eigenvalue weighted by atomic mass is 9.99. The van der Waals surface area contributed by atoms with Gasteiger partial charge in [-0.05, 0) is 6.07 Å². The molecule has 0 bridgehead atoms. The zero-order chi connectivity index (χ0) is 13.7. The molecule has 0 aliphatic heterocycles. The summed E-state index contributed by atoms with van der Waals surface area (Å²) in [5, 5.41) is 19.7. The summed E-state index contributed by atoms with van der Waals surface area (Å²) in [5.74, 6) is -1.77. The van der Waals surface area contributed by atoms with Gasteiger partial charge in [0.1, 0.15) is 5.92 Å². The van der Waals surface area contributed by atoms with Crippen LogP contribution in [-0.4, -0.2) is 18.0 Å². The number of nitro benzene ring substituents is 1. The van der Waals surface area contributed by atoms with E-state index in [1.807, 2.05) is 0 Å². The predicted molar refractivity (Wildman–Crippen MR) is 65.6 cm³/mol. The molecule has 7 heteroatoms. The summed E-state index contributed by atoms with van der Waals surface area (Å²) < 4.78 is 4.96. The first-order valence-electron chi connectivity index (χ1n) is 4.90. The van der Waals surface area contributed by atoms with Gasteiger partial charge in [0.05, 0.1) is 18.1 Å². The zero-order valence-corrected chi connectivity index (χ0v) is 11.0. The van der Waals surface area contributed by atoms with Crippen LogP contribution in [0.2, 0.25) is 0 Å². The lowest BCUT2D eigenvalue weighted by Crippen LogP contribution is -2.17. The third kappa shape index (κ3) is 3.05. The number of rotatable bonds is 4. The summed E-state index contributed by atoms with van der Waals surface area (Å²) in [6, 6.07) is 6.24. The minimum absolute atomic E-state index is 0.0685. The monoisotopic (exact) mass is 312 g/mol. The number of hydrogen-bond acceptors (Lipinski definition) is 5. The highest BCUT2D eigenvalue weighted by Crippen LogP contribution is 2.29. The van der Waals surface area contributed by atoms with Crippen molar-refractivity contribution in [1.82, 2.24) is 0 Å². The molecule has 0 heterocycles. The number of methoxy groups -OCH3 is 1. The van der Waals surface area contributed by atoms with Crippen LogP contribution in [0.4, 0.5) is 5.69 Å². The fourth-order valence-electron chi connectivity index (χ4n) is 1.45. The predicted octanol–water partition coefficient (Wildman–Crippen LogP) is 2.21. The Bertz CT molecular complexity index is 524. The van der Waals surface area contributed by atoms with Gasteiger partial charge in [0, 0.05) is 22.5 Å². The van der Waals surface area contributed by atoms with Crippen molar-refractivity contribution in [2.24, 2.45) is 5.92 Å². The van der Waals surface area contributed by atoms with Gasteiger partial charge in [-0.25, -0.2) is 0 Å². The minimum Gasteiger partial charge on any atom is -0.468 e. The van der Waals surface area contributed by atoms with Crippen LogP contribution in [0.15, 0.2) is 22.7 Å². The lowest BCUT2D eigenvalue weighted by Gasteiger charge is -2.09.